The Morgan fingerprint density at radius 2 is 1.97 bits per heavy atom. The van der Waals surface area contributed by atoms with Crippen LogP contribution in [0.4, 0.5) is 0 Å². The lowest BCUT2D eigenvalue weighted by Crippen LogP contribution is -2.47. The van der Waals surface area contributed by atoms with Gasteiger partial charge in [-0.1, -0.05) is 31.1 Å². The Bertz CT molecular complexity index is 1030. The second-order valence-electron chi connectivity index (χ2n) is 8.75. The first-order valence-electron chi connectivity index (χ1n) is 10.8. The SMILES string of the molecule is CN1C[C@H](CNS(=O)(=O)N2CCCCCC2)C=C2c3cccc4[nH]cc(c34)C[C@H]21. The van der Waals surface area contributed by atoms with E-state index >= 15 is 0 Å². The maximum absolute atomic E-state index is 12.8. The molecular weight excluding hydrogens is 384 g/mol. The fraction of sp³-hybridized carbons (Fsp3) is 0.545. The molecule has 5 rings (SSSR count). The lowest BCUT2D eigenvalue weighted by molar-refractivity contribution is 0.245. The van der Waals surface area contributed by atoms with Gasteiger partial charge in [0.1, 0.15) is 0 Å². The van der Waals surface area contributed by atoms with Gasteiger partial charge in [-0.05, 0) is 49.1 Å². The number of aromatic amines is 1. The molecule has 2 aromatic rings. The van der Waals surface area contributed by atoms with Gasteiger partial charge in [0, 0.05) is 55.2 Å². The van der Waals surface area contributed by atoms with E-state index in [-0.39, 0.29) is 5.92 Å². The van der Waals surface area contributed by atoms with Crippen LogP contribution in [0.3, 0.4) is 0 Å². The third-order valence-corrected chi connectivity index (χ3v) is 8.35. The van der Waals surface area contributed by atoms with Gasteiger partial charge >= 0.3 is 0 Å². The molecule has 0 saturated carbocycles. The molecule has 6 nitrogen and oxygen atoms in total. The molecule has 0 unspecified atom stereocenters. The van der Waals surface area contributed by atoms with E-state index in [1.807, 2.05) is 0 Å². The largest absolute Gasteiger partial charge is 0.361 e. The Balaban J connectivity index is 1.38. The first-order valence-corrected chi connectivity index (χ1v) is 12.2. The Morgan fingerprint density at radius 3 is 2.76 bits per heavy atom. The zero-order valence-electron chi connectivity index (χ0n) is 17.0. The van der Waals surface area contributed by atoms with Crippen molar-refractivity contribution in [3.05, 3.63) is 41.6 Å². The lowest BCUT2D eigenvalue weighted by Gasteiger charge is -2.40. The number of likely N-dealkylation sites (N-methyl/N-ethyl adjacent to an activating group) is 1. The molecule has 1 aromatic carbocycles. The van der Waals surface area contributed by atoms with Gasteiger partial charge < -0.3 is 4.98 Å². The average molecular weight is 415 g/mol. The number of nitrogens with one attached hydrogen (secondary N) is 2. The van der Waals surface area contributed by atoms with Crippen LogP contribution >= 0.6 is 0 Å². The van der Waals surface area contributed by atoms with Crippen molar-refractivity contribution in [2.24, 2.45) is 5.92 Å². The van der Waals surface area contributed by atoms with Gasteiger partial charge in [-0.15, -0.1) is 0 Å². The van der Waals surface area contributed by atoms with E-state index in [4.69, 9.17) is 0 Å². The van der Waals surface area contributed by atoms with Gasteiger partial charge in [-0.3, -0.25) is 4.90 Å². The Kier molecular flexibility index (Phi) is 5.02. The summed E-state index contributed by atoms with van der Waals surface area (Å²) >= 11 is 0. The Hall–Kier alpha value is -1.67. The predicted octanol–water partition coefficient (Wildman–Crippen LogP) is 2.75. The molecule has 2 N–H and O–H groups in total. The van der Waals surface area contributed by atoms with Crippen molar-refractivity contribution in [1.82, 2.24) is 18.9 Å². The smallest absolute Gasteiger partial charge is 0.279 e. The second-order valence-corrected chi connectivity index (χ2v) is 10.5. The number of hydrogen-bond donors (Lipinski definition) is 2. The molecule has 0 amide bonds. The highest BCUT2D eigenvalue weighted by Crippen LogP contribution is 2.40. The number of fused-ring (bicyclic) bond motifs is 2. The molecule has 3 aliphatic rings. The molecular formula is C22H30N4O2S. The summed E-state index contributed by atoms with van der Waals surface area (Å²) in [6.45, 7) is 2.60. The summed E-state index contributed by atoms with van der Waals surface area (Å²) in [5.74, 6) is 0.170. The quantitative estimate of drug-likeness (QED) is 0.808. The average Bonchev–Trinajstić information content (AvgIpc) is 2.93. The van der Waals surface area contributed by atoms with Gasteiger partial charge in [-0.2, -0.15) is 12.7 Å². The van der Waals surface area contributed by atoms with Crippen LogP contribution in [0.25, 0.3) is 16.5 Å². The van der Waals surface area contributed by atoms with Gasteiger partial charge in [0.25, 0.3) is 10.2 Å². The number of nitrogens with zero attached hydrogens (tertiary/aromatic N) is 2. The van der Waals surface area contributed by atoms with E-state index in [9.17, 15) is 8.42 Å². The van der Waals surface area contributed by atoms with Crippen molar-refractivity contribution in [3.8, 4) is 0 Å². The molecule has 1 aliphatic carbocycles. The molecule has 29 heavy (non-hydrogen) atoms. The molecule has 0 bridgehead atoms. The topological polar surface area (TPSA) is 68.4 Å². The van der Waals surface area contributed by atoms with Gasteiger partial charge in [0.2, 0.25) is 0 Å². The molecule has 3 heterocycles. The number of H-pyrrole nitrogens is 1. The maximum atomic E-state index is 12.8. The molecule has 0 radical (unpaired) electrons. The summed E-state index contributed by atoms with van der Waals surface area (Å²) in [5.41, 5.74) is 5.20. The summed E-state index contributed by atoms with van der Waals surface area (Å²) in [6, 6.07) is 6.80. The summed E-state index contributed by atoms with van der Waals surface area (Å²) in [6.07, 6.45) is 9.63. The van der Waals surface area contributed by atoms with Crippen LogP contribution in [0.2, 0.25) is 0 Å². The Labute approximate surface area is 173 Å². The number of benzene rings is 1. The zero-order valence-corrected chi connectivity index (χ0v) is 17.8. The van der Waals surface area contributed by atoms with E-state index in [0.29, 0.717) is 25.7 Å². The minimum atomic E-state index is -3.40. The number of rotatable bonds is 4. The van der Waals surface area contributed by atoms with E-state index < -0.39 is 10.2 Å². The van der Waals surface area contributed by atoms with Crippen molar-refractivity contribution in [2.75, 3.05) is 33.2 Å². The van der Waals surface area contributed by atoms with E-state index in [1.54, 1.807) is 4.31 Å². The normalized spacial score (nSPS) is 26.2. The molecule has 2 aliphatic heterocycles. The maximum Gasteiger partial charge on any atom is 0.279 e. The number of aromatic nitrogens is 1. The second kappa shape index (κ2) is 7.54. The first-order chi connectivity index (χ1) is 14.0. The fourth-order valence-corrected chi connectivity index (χ4v) is 6.61. The molecule has 1 aromatic heterocycles. The summed E-state index contributed by atoms with van der Waals surface area (Å²) in [4.78, 5) is 5.78. The standard InChI is InChI=1S/C22H30N4O2S/c1-25-15-16(13-24-29(27,28)26-9-4-2-3-5-10-26)11-19-18-7-6-8-20-22(18)17(14-23-20)12-21(19)25/h6-8,11,14,16,21,23-24H,2-5,9-10,12-13,15H2,1H3/t16-,21+/m0/s1. The number of hydrogen-bond acceptors (Lipinski definition) is 3. The van der Waals surface area contributed by atoms with E-state index in [2.05, 4.69) is 52.1 Å². The highest BCUT2D eigenvalue weighted by Gasteiger charge is 2.34. The summed E-state index contributed by atoms with van der Waals surface area (Å²) < 4.78 is 30.1. The lowest BCUT2D eigenvalue weighted by atomic mass is 9.80. The van der Waals surface area contributed by atoms with Gasteiger partial charge in [0.15, 0.2) is 0 Å². The van der Waals surface area contributed by atoms with Crippen LogP contribution in [0.15, 0.2) is 30.5 Å². The van der Waals surface area contributed by atoms with Crippen LogP contribution in [0.1, 0.15) is 36.8 Å². The van der Waals surface area contributed by atoms with Crippen LogP contribution in [-0.4, -0.2) is 61.9 Å². The van der Waals surface area contributed by atoms with E-state index in [0.717, 1.165) is 38.6 Å². The van der Waals surface area contributed by atoms with Crippen molar-refractivity contribution < 1.29 is 8.42 Å². The molecule has 1 saturated heterocycles. The highest BCUT2D eigenvalue weighted by atomic mass is 32.2. The van der Waals surface area contributed by atoms with Crippen molar-refractivity contribution in [2.45, 2.75) is 38.1 Å². The van der Waals surface area contributed by atoms with Crippen LogP contribution < -0.4 is 4.72 Å². The highest BCUT2D eigenvalue weighted by molar-refractivity contribution is 7.87. The Morgan fingerprint density at radius 1 is 1.17 bits per heavy atom. The predicted molar refractivity (Wildman–Crippen MR) is 117 cm³/mol. The molecule has 0 spiro atoms. The third-order valence-electron chi connectivity index (χ3n) is 6.77. The third kappa shape index (κ3) is 3.54. The van der Waals surface area contributed by atoms with E-state index in [1.165, 1.54) is 27.6 Å². The molecule has 1 fully saturated rings. The fourth-order valence-electron chi connectivity index (χ4n) is 5.26. The van der Waals surface area contributed by atoms with Crippen molar-refractivity contribution in [3.63, 3.8) is 0 Å². The zero-order chi connectivity index (χ0) is 20.0. The minimum Gasteiger partial charge on any atom is -0.361 e. The van der Waals surface area contributed by atoms with Gasteiger partial charge in [-0.25, -0.2) is 4.72 Å². The monoisotopic (exact) mass is 414 g/mol. The van der Waals surface area contributed by atoms with Crippen molar-refractivity contribution >= 4 is 26.7 Å². The summed E-state index contributed by atoms with van der Waals surface area (Å²) in [5, 5.41) is 1.33. The molecule has 2 atom stereocenters. The van der Waals surface area contributed by atoms with Crippen LogP contribution in [0, 0.1) is 5.92 Å². The first kappa shape index (κ1) is 19.3. The molecule has 156 valence electrons. The van der Waals surface area contributed by atoms with Gasteiger partial charge in [0.05, 0.1) is 0 Å². The van der Waals surface area contributed by atoms with Crippen LogP contribution in [0.5, 0.6) is 0 Å². The van der Waals surface area contributed by atoms with Crippen molar-refractivity contribution in [1.29, 1.82) is 0 Å². The molecule has 7 heteroatoms. The summed E-state index contributed by atoms with van der Waals surface area (Å²) in [7, 11) is -1.24. The minimum absolute atomic E-state index is 0.170. The van der Waals surface area contributed by atoms with Crippen LogP contribution in [-0.2, 0) is 16.6 Å².